The first-order chi connectivity index (χ1) is 10.7. The molecule has 5 nitrogen and oxygen atoms in total. The fourth-order valence-electron chi connectivity index (χ4n) is 3.01. The van der Waals surface area contributed by atoms with Crippen molar-refractivity contribution in [2.75, 3.05) is 18.0 Å². The van der Waals surface area contributed by atoms with Crippen LogP contribution in [0.1, 0.15) is 18.5 Å². The van der Waals surface area contributed by atoms with Gasteiger partial charge in [0.2, 0.25) is 0 Å². The van der Waals surface area contributed by atoms with Crippen LogP contribution in [0, 0.1) is 6.92 Å². The molecular weight excluding hydrogens is 296 g/mol. The summed E-state index contributed by atoms with van der Waals surface area (Å²) < 4.78 is 1.90. The van der Waals surface area contributed by atoms with Crippen molar-refractivity contribution in [3.63, 3.8) is 0 Å². The number of aryl methyl sites for hydroxylation is 1. The Morgan fingerprint density at radius 1 is 1.36 bits per heavy atom. The zero-order chi connectivity index (χ0) is 15.1. The topological polar surface area (TPSA) is 53.7 Å². The number of aliphatic hydroxyl groups is 1. The molecule has 0 radical (unpaired) electrons. The Kier molecular flexibility index (Phi) is 3.35. The van der Waals surface area contributed by atoms with E-state index in [1.807, 2.05) is 23.6 Å². The molecule has 0 aromatic carbocycles. The third-order valence-electron chi connectivity index (χ3n) is 4.03. The number of β-amino-alcohol motifs (C(OH)–C–C–N with tert-alkyl or cyclic N) is 1. The smallest absolute Gasteiger partial charge is 0.158 e. The van der Waals surface area contributed by atoms with E-state index in [0.717, 1.165) is 47.1 Å². The van der Waals surface area contributed by atoms with E-state index < -0.39 is 0 Å². The van der Waals surface area contributed by atoms with Gasteiger partial charge >= 0.3 is 0 Å². The van der Waals surface area contributed by atoms with Crippen molar-refractivity contribution >= 4 is 22.8 Å². The van der Waals surface area contributed by atoms with Gasteiger partial charge < -0.3 is 10.0 Å². The summed E-state index contributed by atoms with van der Waals surface area (Å²) in [4.78, 5) is 7.95. The summed E-state index contributed by atoms with van der Waals surface area (Å²) in [6, 6.07) is 8.19. The van der Waals surface area contributed by atoms with Gasteiger partial charge in [-0.05, 0) is 31.2 Å². The van der Waals surface area contributed by atoms with E-state index in [9.17, 15) is 5.11 Å². The van der Waals surface area contributed by atoms with Crippen molar-refractivity contribution in [2.24, 2.45) is 0 Å². The van der Waals surface area contributed by atoms with Gasteiger partial charge in [-0.25, -0.2) is 4.98 Å². The number of nitrogens with zero attached hydrogens (tertiary/aromatic N) is 4. The van der Waals surface area contributed by atoms with Crippen LogP contribution in [0.15, 0.2) is 29.6 Å². The Morgan fingerprint density at radius 2 is 2.27 bits per heavy atom. The maximum absolute atomic E-state index is 9.95. The number of aromatic nitrogens is 3. The van der Waals surface area contributed by atoms with Gasteiger partial charge in [0.1, 0.15) is 11.5 Å². The van der Waals surface area contributed by atoms with Crippen molar-refractivity contribution in [3.8, 4) is 10.6 Å². The van der Waals surface area contributed by atoms with E-state index in [4.69, 9.17) is 5.10 Å². The molecule has 0 aliphatic carbocycles. The summed E-state index contributed by atoms with van der Waals surface area (Å²) in [6.07, 6.45) is 1.62. The second-order valence-corrected chi connectivity index (χ2v) is 6.72. The molecule has 1 saturated heterocycles. The van der Waals surface area contributed by atoms with Crippen LogP contribution in [-0.4, -0.2) is 38.9 Å². The van der Waals surface area contributed by atoms with E-state index in [-0.39, 0.29) is 6.10 Å². The monoisotopic (exact) mass is 314 g/mol. The maximum Gasteiger partial charge on any atom is 0.158 e. The van der Waals surface area contributed by atoms with E-state index in [2.05, 4.69) is 27.4 Å². The summed E-state index contributed by atoms with van der Waals surface area (Å²) in [5.74, 6) is 1.02. The highest BCUT2D eigenvalue weighted by molar-refractivity contribution is 7.13. The third-order valence-corrected chi connectivity index (χ3v) is 4.92. The summed E-state index contributed by atoms with van der Waals surface area (Å²) in [6.45, 7) is 3.61. The molecule has 0 spiro atoms. The first-order valence-corrected chi connectivity index (χ1v) is 8.43. The number of rotatable bonds is 2. The van der Waals surface area contributed by atoms with Gasteiger partial charge in [-0.2, -0.15) is 9.61 Å². The lowest BCUT2D eigenvalue weighted by atomic mass is 10.1. The summed E-state index contributed by atoms with van der Waals surface area (Å²) in [7, 11) is 0. The number of thiophene rings is 1. The minimum absolute atomic E-state index is 0.260. The Hall–Kier alpha value is -1.92. The predicted molar refractivity (Wildman–Crippen MR) is 88.5 cm³/mol. The molecule has 22 heavy (non-hydrogen) atoms. The van der Waals surface area contributed by atoms with Crippen LogP contribution in [0.4, 0.5) is 5.82 Å². The highest BCUT2D eigenvalue weighted by Crippen LogP contribution is 2.27. The van der Waals surface area contributed by atoms with Crippen molar-refractivity contribution in [1.82, 2.24) is 14.6 Å². The number of fused-ring (bicyclic) bond motifs is 1. The molecule has 3 aromatic rings. The van der Waals surface area contributed by atoms with E-state index in [1.165, 1.54) is 0 Å². The van der Waals surface area contributed by atoms with Crippen LogP contribution in [0.25, 0.3) is 16.2 Å². The van der Waals surface area contributed by atoms with Gasteiger partial charge in [0.05, 0.1) is 11.0 Å². The third kappa shape index (κ3) is 2.38. The second kappa shape index (κ2) is 5.37. The van der Waals surface area contributed by atoms with Crippen molar-refractivity contribution in [2.45, 2.75) is 25.9 Å². The SMILES string of the molecule is Cc1cc(N2CCCC(O)C2)n2nc(-c3cccs3)cc2n1. The lowest BCUT2D eigenvalue weighted by molar-refractivity contribution is 0.153. The molecular formula is C16H18N4OS. The van der Waals surface area contributed by atoms with Crippen LogP contribution in [0.2, 0.25) is 0 Å². The molecule has 1 aliphatic heterocycles. The van der Waals surface area contributed by atoms with E-state index in [0.29, 0.717) is 6.54 Å². The minimum Gasteiger partial charge on any atom is -0.391 e. The van der Waals surface area contributed by atoms with Gasteiger partial charge in [0.25, 0.3) is 0 Å². The fourth-order valence-corrected chi connectivity index (χ4v) is 3.69. The largest absolute Gasteiger partial charge is 0.391 e. The zero-order valence-electron chi connectivity index (χ0n) is 12.4. The van der Waals surface area contributed by atoms with Gasteiger partial charge in [0, 0.05) is 30.9 Å². The van der Waals surface area contributed by atoms with Crippen LogP contribution < -0.4 is 4.90 Å². The quantitative estimate of drug-likeness (QED) is 0.790. The lowest BCUT2D eigenvalue weighted by Gasteiger charge is -2.32. The standard InChI is InChI=1S/C16H18N4OS/c1-11-8-16(19-6-2-4-12(21)10-19)20-15(17-11)9-13(18-20)14-5-3-7-22-14/h3,5,7-9,12,21H,2,4,6,10H2,1H3. The Balaban J connectivity index is 1.83. The molecule has 114 valence electrons. The Morgan fingerprint density at radius 3 is 3.05 bits per heavy atom. The molecule has 0 saturated carbocycles. The molecule has 6 heteroatoms. The molecule has 1 unspecified atom stereocenters. The van der Waals surface area contributed by atoms with E-state index >= 15 is 0 Å². The summed E-state index contributed by atoms with van der Waals surface area (Å²) in [5, 5.41) is 16.7. The number of anilines is 1. The van der Waals surface area contributed by atoms with E-state index in [1.54, 1.807) is 11.3 Å². The molecule has 1 N–H and O–H groups in total. The highest BCUT2D eigenvalue weighted by atomic mass is 32.1. The number of aliphatic hydroxyl groups excluding tert-OH is 1. The molecule has 0 amide bonds. The Bertz CT molecular complexity index is 796. The Labute approximate surface area is 132 Å². The molecule has 0 bridgehead atoms. The van der Waals surface area contributed by atoms with Gasteiger partial charge in [0.15, 0.2) is 5.65 Å². The van der Waals surface area contributed by atoms with Crippen molar-refractivity contribution in [1.29, 1.82) is 0 Å². The van der Waals surface area contributed by atoms with Gasteiger partial charge in [-0.1, -0.05) is 6.07 Å². The zero-order valence-corrected chi connectivity index (χ0v) is 13.3. The average molecular weight is 314 g/mol. The maximum atomic E-state index is 9.95. The van der Waals surface area contributed by atoms with Crippen LogP contribution >= 0.6 is 11.3 Å². The normalized spacial score (nSPS) is 19.0. The summed E-state index contributed by atoms with van der Waals surface area (Å²) in [5.41, 5.74) is 2.78. The average Bonchev–Trinajstić information content (AvgIpc) is 3.15. The molecule has 1 fully saturated rings. The molecule has 1 aliphatic rings. The van der Waals surface area contributed by atoms with Gasteiger partial charge in [-0.3, -0.25) is 0 Å². The number of hydrogen-bond donors (Lipinski definition) is 1. The van der Waals surface area contributed by atoms with Crippen LogP contribution in [-0.2, 0) is 0 Å². The molecule has 4 heterocycles. The van der Waals surface area contributed by atoms with Crippen LogP contribution in [0.3, 0.4) is 0 Å². The second-order valence-electron chi connectivity index (χ2n) is 5.77. The number of hydrogen-bond acceptors (Lipinski definition) is 5. The molecule has 3 aromatic heterocycles. The predicted octanol–water partition coefficient (Wildman–Crippen LogP) is 2.73. The first-order valence-electron chi connectivity index (χ1n) is 7.55. The van der Waals surface area contributed by atoms with Crippen LogP contribution in [0.5, 0.6) is 0 Å². The highest BCUT2D eigenvalue weighted by Gasteiger charge is 2.21. The van der Waals surface area contributed by atoms with Crippen molar-refractivity contribution < 1.29 is 5.11 Å². The molecule has 1 atom stereocenters. The lowest BCUT2D eigenvalue weighted by Crippen LogP contribution is -2.39. The van der Waals surface area contributed by atoms with Crippen molar-refractivity contribution in [3.05, 3.63) is 35.3 Å². The molecule has 4 rings (SSSR count). The van der Waals surface area contributed by atoms with Gasteiger partial charge in [-0.15, -0.1) is 11.3 Å². The minimum atomic E-state index is -0.260. The summed E-state index contributed by atoms with van der Waals surface area (Å²) >= 11 is 1.68. The number of piperidine rings is 1. The first kappa shape index (κ1) is 13.7. The fraction of sp³-hybridized carbons (Fsp3) is 0.375.